The second-order valence-electron chi connectivity index (χ2n) is 21.0. The van der Waals surface area contributed by atoms with Gasteiger partial charge in [-0.3, -0.25) is 14.4 Å². The molecule has 1 rings (SSSR count). The van der Waals surface area contributed by atoms with Crippen LogP contribution in [-0.2, 0) is 42.9 Å². The number of rotatable bonds is 52. The molecule has 0 aromatic carbocycles. The monoisotopic (exact) mass is 1060 g/mol. The second-order valence-corrected chi connectivity index (χ2v) is 21.0. The molecule has 0 saturated carbocycles. The van der Waals surface area contributed by atoms with Gasteiger partial charge in [-0.15, -0.1) is 0 Å². The number of carboxylic acid groups (broad SMARTS) is 1. The number of aliphatic hydroxyl groups excluding tert-OH is 2. The van der Waals surface area contributed by atoms with Crippen LogP contribution < -0.4 is 0 Å². The van der Waals surface area contributed by atoms with Crippen molar-refractivity contribution in [2.45, 2.75) is 314 Å². The predicted octanol–water partition coefficient (Wildman–Crippen LogP) is 15.8. The summed E-state index contributed by atoms with van der Waals surface area (Å²) in [6.07, 6.45) is 49.3. The highest BCUT2D eigenvalue weighted by Crippen LogP contribution is 2.26. The van der Waals surface area contributed by atoms with E-state index in [1.165, 1.54) is 109 Å². The van der Waals surface area contributed by atoms with Gasteiger partial charge in [0.25, 0.3) is 0 Å². The molecule has 434 valence electrons. The maximum absolute atomic E-state index is 13.1. The molecule has 6 atom stereocenters. The fraction of sp³-hybridized carbons (Fsp3) is 0.810. The van der Waals surface area contributed by atoms with Crippen LogP contribution in [0.15, 0.2) is 48.6 Å². The van der Waals surface area contributed by atoms with Crippen molar-refractivity contribution in [1.29, 1.82) is 0 Å². The van der Waals surface area contributed by atoms with Crippen molar-refractivity contribution in [3.05, 3.63) is 48.6 Å². The first-order chi connectivity index (χ1) is 36.6. The van der Waals surface area contributed by atoms with E-state index in [0.717, 1.165) is 109 Å². The van der Waals surface area contributed by atoms with Crippen LogP contribution in [0.25, 0.3) is 0 Å². The Morgan fingerprint density at radius 2 is 0.800 bits per heavy atom. The third-order valence-electron chi connectivity index (χ3n) is 13.8. The number of carboxylic acids is 1. The molecular weight excluding hydrogens is 949 g/mol. The lowest BCUT2D eigenvalue weighted by Crippen LogP contribution is -2.61. The molecule has 1 aliphatic rings. The Bertz CT molecular complexity index is 1490. The van der Waals surface area contributed by atoms with Gasteiger partial charge in [0.15, 0.2) is 24.6 Å². The maximum Gasteiger partial charge on any atom is 0.335 e. The molecule has 1 saturated heterocycles. The zero-order valence-corrected chi connectivity index (χ0v) is 47.8. The summed E-state index contributed by atoms with van der Waals surface area (Å²) in [5.41, 5.74) is 0. The average molecular weight is 1060 g/mol. The fourth-order valence-electron chi connectivity index (χ4n) is 9.09. The summed E-state index contributed by atoms with van der Waals surface area (Å²) < 4.78 is 28.4. The van der Waals surface area contributed by atoms with Crippen molar-refractivity contribution >= 4 is 23.9 Å². The van der Waals surface area contributed by atoms with Crippen LogP contribution in [0, 0.1) is 0 Å². The molecule has 3 N–H and O–H groups in total. The van der Waals surface area contributed by atoms with Crippen LogP contribution in [0.5, 0.6) is 0 Å². The minimum atomic E-state index is -1.91. The highest BCUT2D eigenvalue weighted by Gasteiger charge is 2.50. The van der Waals surface area contributed by atoms with Gasteiger partial charge >= 0.3 is 23.9 Å². The number of ether oxygens (including phenoxy) is 5. The number of allylic oxidation sites excluding steroid dienone is 8. The van der Waals surface area contributed by atoms with E-state index >= 15 is 0 Å². The first kappa shape index (κ1) is 69.7. The van der Waals surface area contributed by atoms with Gasteiger partial charge in [-0.2, -0.15) is 0 Å². The van der Waals surface area contributed by atoms with E-state index in [1.807, 2.05) is 0 Å². The van der Waals surface area contributed by atoms with Crippen LogP contribution >= 0.6 is 0 Å². The largest absolute Gasteiger partial charge is 0.479 e. The molecule has 0 aliphatic carbocycles. The number of carbonyl (C=O) groups excluding carboxylic acids is 3. The van der Waals surface area contributed by atoms with Crippen molar-refractivity contribution in [2.75, 3.05) is 13.2 Å². The number of aliphatic carboxylic acids is 1. The van der Waals surface area contributed by atoms with E-state index in [2.05, 4.69) is 69.4 Å². The third-order valence-corrected chi connectivity index (χ3v) is 13.8. The van der Waals surface area contributed by atoms with E-state index in [0.29, 0.717) is 19.3 Å². The van der Waals surface area contributed by atoms with Crippen LogP contribution in [0.2, 0.25) is 0 Å². The van der Waals surface area contributed by atoms with E-state index in [-0.39, 0.29) is 25.9 Å². The van der Waals surface area contributed by atoms with Crippen molar-refractivity contribution < 1.29 is 58.2 Å². The first-order valence-corrected chi connectivity index (χ1v) is 30.6. The summed E-state index contributed by atoms with van der Waals surface area (Å²) in [5.74, 6) is -3.13. The van der Waals surface area contributed by atoms with Crippen molar-refractivity contribution in [1.82, 2.24) is 0 Å². The van der Waals surface area contributed by atoms with E-state index in [9.17, 15) is 34.5 Å². The lowest BCUT2D eigenvalue weighted by molar-refractivity contribution is -0.301. The number of aliphatic hydroxyl groups is 2. The van der Waals surface area contributed by atoms with E-state index < -0.39 is 67.3 Å². The van der Waals surface area contributed by atoms with Crippen LogP contribution in [0.4, 0.5) is 0 Å². The minimum Gasteiger partial charge on any atom is -0.479 e. The van der Waals surface area contributed by atoms with Crippen molar-refractivity contribution in [2.24, 2.45) is 0 Å². The number of hydrogen-bond donors (Lipinski definition) is 3. The molecule has 12 heteroatoms. The second kappa shape index (κ2) is 51.4. The molecule has 6 unspecified atom stereocenters. The molecule has 0 aromatic heterocycles. The van der Waals surface area contributed by atoms with Crippen molar-refractivity contribution in [3.63, 3.8) is 0 Å². The van der Waals surface area contributed by atoms with Gasteiger partial charge in [-0.25, -0.2) is 4.79 Å². The number of unbranched alkanes of at least 4 members (excludes halogenated alkanes) is 30. The highest BCUT2D eigenvalue weighted by atomic mass is 16.7. The summed E-state index contributed by atoms with van der Waals surface area (Å²) in [4.78, 5) is 51.1. The Hall–Kier alpha value is -3.32. The number of esters is 3. The summed E-state index contributed by atoms with van der Waals surface area (Å²) >= 11 is 0. The SMILES string of the molecule is CCCCC/C=C\C/C=C\CCCCCCCCCCCC(=O)OCC(COC1OC(C(=O)O)C(O)C(O)C1OC(=O)CCCCCCC/C=C\CCCCCC)OC(=O)CCCCCCC/C=C\CCCCCC. The van der Waals surface area contributed by atoms with Crippen LogP contribution in [0.3, 0.4) is 0 Å². The number of carbonyl (C=O) groups is 4. The van der Waals surface area contributed by atoms with Gasteiger partial charge in [0.1, 0.15) is 18.8 Å². The molecule has 0 radical (unpaired) electrons. The van der Waals surface area contributed by atoms with E-state index in [1.54, 1.807) is 0 Å². The average Bonchev–Trinajstić information content (AvgIpc) is 3.39. The van der Waals surface area contributed by atoms with Gasteiger partial charge in [-0.05, 0) is 103 Å². The molecule has 75 heavy (non-hydrogen) atoms. The minimum absolute atomic E-state index is 0.0503. The summed E-state index contributed by atoms with van der Waals surface area (Å²) in [7, 11) is 0. The Morgan fingerprint density at radius 1 is 0.440 bits per heavy atom. The quantitative estimate of drug-likeness (QED) is 0.0228. The molecular formula is C63H110O12. The Balaban J connectivity index is 2.66. The Labute approximate surface area is 456 Å². The molecule has 1 fully saturated rings. The molecule has 0 spiro atoms. The summed E-state index contributed by atoms with van der Waals surface area (Å²) in [6.45, 7) is 5.94. The molecule has 0 aromatic rings. The standard InChI is InChI=1S/C63H110O12/c1-4-7-10-13-16-19-22-25-26-27-28-29-30-33-34-37-40-43-46-49-55(64)71-52-54(73-56(65)50-47-44-41-38-35-31-23-20-17-14-11-8-5-2)53-72-63-61(59(68)58(67)60(75-63)62(69)70)74-57(66)51-48-45-42-39-36-32-24-21-18-15-12-9-6-3/h16,19-21,23-26,54,58-61,63,67-68H,4-15,17-18,22,27-53H2,1-3H3,(H,69,70)/b19-16-,23-20-,24-21-,26-25-. The van der Waals surface area contributed by atoms with Gasteiger partial charge in [-0.1, -0.05) is 204 Å². The maximum atomic E-state index is 13.1. The van der Waals surface area contributed by atoms with Crippen LogP contribution in [0.1, 0.15) is 278 Å². The molecule has 0 bridgehead atoms. The fourth-order valence-corrected chi connectivity index (χ4v) is 9.09. The zero-order chi connectivity index (χ0) is 54.7. The van der Waals surface area contributed by atoms with Gasteiger partial charge < -0.3 is 39.0 Å². The lowest BCUT2D eigenvalue weighted by atomic mass is 9.98. The summed E-state index contributed by atoms with van der Waals surface area (Å²) in [6, 6.07) is 0. The Kier molecular flexibility index (Phi) is 47.8. The topological polar surface area (TPSA) is 175 Å². The smallest absolute Gasteiger partial charge is 0.335 e. The molecule has 1 heterocycles. The molecule has 1 aliphatic heterocycles. The van der Waals surface area contributed by atoms with Crippen molar-refractivity contribution in [3.8, 4) is 0 Å². The highest BCUT2D eigenvalue weighted by molar-refractivity contribution is 5.74. The first-order valence-electron chi connectivity index (χ1n) is 30.6. The normalized spacial score (nSPS) is 18.4. The molecule has 0 amide bonds. The lowest BCUT2D eigenvalue weighted by Gasteiger charge is -2.40. The van der Waals surface area contributed by atoms with Gasteiger partial charge in [0, 0.05) is 19.3 Å². The van der Waals surface area contributed by atoms with Gasteiger partial charge in [0.05, 0.1) is 6.61 Å². The zero-order valence-electron chi connectivity index (χ0n) is 47.8. The Morgan fingerprint density at radius 3 is 1.24 bits per heavy atom. The predicted molar refractivity (Wildman–Crippen MR) is 303 cm³/mol. The number of hydrogen-bond acceptors (Lipinski definition) is 11. The van der Waals surface area contributed by atoms with Crippen LogP contribution in [-0.4, -0.2) is 89.2 Å². The summed E-state index contributed by atoms with van der Waals surface area (Å²) in [5, 5.41) is 31.5. The molecule has 12 nitrogen and oxygen atoms in total. The third kappa shape index (κ3) is 41.5. The van der Waals surface area contributed by atoms with E-state index in [4.69, 9.17) is 23.7 Å². The van der Waals surface area contributed by atoms with Gasteiger partial charge in [0.2, 0.25) is 0 Å².